The van der Waals surface area contributed by atoms with E-state index in [1.54, 1.807) is 25.5 Å². The molecule has 4 heteroatoms. The van der Waals surface area contributed by atoms with Crippen molar-refractivity contribution in [3.05, 3.63) is 60.1 Å². The van der Waals surface area contributed by atoms with Crippen molar-refractivity contribution in [2.24, 2.45) is 0 Å². The molecular weight excluding hydrogens is 302 g/mol. The van der Waals surface area contributed by atoms with E-state index in [1.807, 2.05) is 29.2 Å². The van der Waals surface area contributed by atoms with Crippen LogP contribution in [0, 0.1) is 0 Å². The van der Waals surface area contributed by atoms with Crippen LogP contribution < -0.4 is 4.74 Å². The molecule has 1 fully saturated rings. The zero-order valence-electron chi connectivity index (χ0n) is 14.0. The highest BCUT2D eigenvalue weighted by Crippen LogP contribution is 2.28. The highest BCUT2D eigenvalue weighted by Gasteiger charge is 2.22. The number of likely N-dealkylation sites (tertiary alicyclic amines) is 1. The Labute approximate surface area is 142 Å². The molecule has 0 saturated carbocycles. The third-order valence-corrected chi connectivity index (χ3v) is 4.50. The number of hydrogen-bond acceptors (Lipinski definition) is 3. The summed E-state index contributed by atoms with van der Waals surface area (Å²) in [7, 11) is 1.67. The van der Waals surface area contributed by atoms with Crippen molar-refractivity contribution in [3.63, 3.8) is 0 Å². The summed E-state index contributed by atoms with van der Waals surface area (Å²) < 4.78 is 10.5. The van der Waals surface area contributed by atoms with E-state index in [0.29, 0.717) is 11.7 Å². The molecule has 1 unspecified atom stereocenters. The molecule has 2 heterocycles. The number of carbonyl (C=O) groups excluding carboxylic acids is 1. The Bertz CT molecular complexity index is 673. The third-order valence-electron chi connectivity index (χ3n) is 4.50. The second-order valence-electron chi connectivity index (χ2n) is 6.10. The van der Waals surface area contributed by atoms with Crippen LogP contribution in [-0.2, 0) is 4.79 Å². The lowest BCUT2D eigenvalue weighted by Crippen LogP contribution is -2.32. The lowest BCUT2D eigenvalue weighted by molar-refractivity contribution is -0.126. The predicted molar refractivity (Wildman–Crippen MR) is 93.9 cm³/mol. The second kappa shape index (κ2) is 7.86. The van der Waals surface area contributed by atoms with Gasteiger partial charge in [0.2, 0.25) is 5.91 Å². The first kappa shape index (κ1) is 16.4. The van der Waals surface area contributed by atoms with E-state index in [4.69, 9.17) is 9.15 Å². The monoisotopic (exact) mass is 325 g/mol. The molecule has 0 aliphatic carbocycles. The Morgan fingerprint density at radius 1 is 1.25 bits per heavy atom. The SMILES string of the molecule is COc1ccc(C2CCCCN(C(=O)/C=C/c3ccco3)C2)cc1. The van der Waals surface area contributed by atoms with Crippen LogP contribution in [-0.4, -0.2) is 31.0 Å². The van der Waals surface area contributed by atoms with Crippen molar-refractivity contribution < 1.29 is 13.9 Å². The Morgan fingerprint density at radius 3 is 2.79 bits per heavy atom. The topological polar surface area (TPSA) is 42.7 Å². The molecule has 1 aliphatic rings. The maximum atomic E-state index is 12.5. The van der Waals surface area contributed by atoms with Gasteiger partial charge in [0, 0.05) is 25.1 Å². The molecule has 3 rings (SSSR count). The number of amides is 1. The Kier molecular flexibility index (Phi) is 5.36. The van der Waals surface area contributed by atoms with Gasteiger partial charge >= 0.3 is 0 Å². The Hall–Kier alpha value is -2.49. The van der Waals surface area contributed by atoms with Crippen LogP contribution in [0.15, 0.2) is 53.2 Å². The molecular formula is C20H23NO3. The molecule has 24 heavy (non-hydrogen) atoms. The molecule has 1 aromatic carbocycles. The van der Waals surface area contributed by atoms with Crippen molar-refractivity contribution >= 4 is 12.0 Å². The van der Waals surface area contributed by atoms with Gasteiger partial charge in [0.1, 0.15) is 11.5 Å². The average Bonchev–Trinajstić information content (AvgIpc) is 3.02. The van der Waals surface area contributed by atoms with E-state index in [9.17, 15) is 4.79 Å². The normalized spacial score (nSPS) is 18.5. The first-order valence-corrected chi connectivity index (χ1v) is 8.40. The smallest absolute Gasteiger partial charge is 0.246 e. The first-order chi connectivity index (χ1) is 11.8. The van der Waals surface area contributed by atoms with E-state index in [1.165, 1.54) is 5.56 Å². The lowest BCUT2D eigenvalue weighted by atomic mass is 9.94. The van der Waals surface area contributed by atoms with Gasteiger partial charge in [0.05, 0.1) is 13.4 Å². The van der Waals surface area contributed by atoms with Crippen LogP contribution in [0.2, 0.25) is 0 Å². The summed E-state index contributed by atoms with van der Waals surface area (Å²) in [6.07, 6.45) is 8.24. The van der Waals surface area contributed by atoms with Gasteiger partial charge in [0.25, 0.3) is 0 Å². The number of ether oxygens (including phenoxy) is 1. The highest BCUT2D eigenvalue weighted by molar-refractivity contribution is 5.91. The molecule has 1 atom stereocenters. The van der Waals surface area contributed by atoms with Gasteiger partial charge < -0.3 is 14.1 Å². The second-order valence-corrected chi connectivity index (χ2v) is 6.10. The van der Waals surface area contributed by atoms with Crippen molar-refractivity contribution in [1.82, 2.24) is 4.90 Å². The predicted octanol–water partition coefficient (Wildman–Crippen LogP) is 4.10. The summed E-state index contributed by atoms with van der Waals surface area (Å²) >= 11 is 0. The summed E-state index contributed by atoms with van der Waals surface area (Å²) in [6.45, 7) is 1.57. The van der Waals surface area contributed by atoms with Crippen molar-refractivity contribution in [2.75, 3.05) is 20.2 Å². The molecule has 1 aromatic heterocycles. The minimum atomic E-state index is 0.0480. The zero-order valence-corrected chi connectivity index (χ0v) is 14.0. The van der Waals surface area contributed by atoms with E-state index in [0.717, 1.165) is 38.1 Å². The fraction of sp³-hybridized carbons (Fsp3) is 0.350. The molecule has 2 aromatic rings. The number of methoxy groups -OCH3 is 1. The lowest BCUT2D eigenvalue weighted by Gasteiger charge is -2.23. The summed E-state index contributed by atoms with van der Waals surface area (Å²) in [6, 6.07) is 11.8. The maximum absolute atomic E-state index is 12.5. The minimum Gasteiger partial charge on any atom is -0.497 e. The molecule has 1 aliphatic heterocycles. The molecule has 0 N–H and O–H groups in total. The van der Waals surface area contributed by atoms with Gasteiger partial charge in [-0.2, -0.15) is 0 Å². The van der Waals surface area contributed by atoms with E-state index in [-0.39, 0.29) is 5.91 Å². The summed E-state index contributed by atoms with van der Waals surface area (Å²) in [5.41, 5.74) is 1.27. The summed E-state index contributed by atoms with van der Waals surface area (Å²) in [5.74, 6) is 1.98. The Balaban J connectivity index is 1.68. The van der Waals surface area contributed by atoms with Crippen molar-refractivity contribution in [3.8, 4) is 5.75 Å². The molecule has 1 saturated heterocycles. The largest absolute Gasteiger partial charge is 0.497 e. The van der Waals surface area contributed by atoms with E-state index < -0.39 is 0 Å². The van der Waals surface area contributed by atoms with Crippen LogP contribution in [0.4, 0.5) is 0 Å². The number of benzene rings is 1. The summed E-state index contributed by atoms with van der Waals surface area (Å²) in [5, 5.41) is 0. The number of nitrogens with zero attached hydrogens (tertiary/aromatic N) is 1. The molecule has 0 spiro atoms. The number of carbonyl (C=O) groups is 1. The minimum absolute atomic E-state index is 0.0480. The van der Waals surface area contributed by atoms with Crippen LogP contribution in [0.1, 0.15) is 36.5 Å². The fourth-order valence-corrected chi connectivity index (χ4v) is 3.14. The van der Waals surface area contributed by atoms with Crippen molar-refractivity contribution in [1.29, 1.82) is 0 Å². The van der Waals surface area contributed by atoms with Gasteiger partial charge in [-0.15, -0.1) is 0 Å². The van der Waals surface area contributed by atoms with E-state index >= 15 is 0 Å². The standard InChI is InChI=1S/C20H23NO3/c1-23-18-9-7-16(8-10-18)17-5-2-3-13-21(15-17)20(22)12-11-19-6-4-14-24-19/h4,6-12,14,17H,2-3,5,13,15H2,1H3/b12-11+. The van der Waals surface area contributed by atoms with Crippen molar-refractivity contribution in [2.45, 2.75) is 25.2 Å². The zero-order chi connectivity index (χ0) is 16.8. The average molecular weight is 325 g/mol. The first-order valence-electron chi connectivity index (χ1n) is 8.40. The molecule has 4 nitrogen and oxygen atoms in total. The van der Waals surface area contributed by atoms with E-state index in [2.05, 4.69) is 12.1 Å². The van der Waals surface area contributed by atoms with Crippen LogP contribution >= 0.6 is 0 Å². The van der Waals surface area contributed by atoms with Gasteiger partial charge in [-0.25, -0.2) is 0 Å². The van der Waals surface area contributed by atoms with Crippen LogP contribution in [0.3, 0.4) is 0 Å². The summed E-state index contributed by atoms with van der Waals surface area (Å²) in [4.78, 5) is 14.4. The number of hydrogen-bond donors (Lipinski definition) is 0. The van der Waals surface area contributed by atoms with Gasteiger partial charge in [-0.1, -0.05) is 18.6 Å². The third kappa shape index (κ3) is 4.07. The van der Waals surface area contributed by atoms with Gasteiger partial charge in [-0.05, 0) is 48.7 Å². The number of furan rings is 1. The Morgan fingerprint density at radius 2 is 2.08 bits per heavy atom. The molecule has 0 radical (unpaired) electrons. The maximum Gasteiger partial charge on any atom is 0.246 e. The molecule has 0 bridgehead atoms. The van der Waals surface area contributed by atoms with Gasteiger partial charge in [-0.3, -0.25) is 4.79 Å². The number of rotatable bonds is 4. The van der Waals surface area contributed by atoms with Crippen LogP contribution in [0.5, 0.6) is 5.75 Å². The fourth-order valence-electron chi connectivity index (χ4n) is 3.14. The van der Waals surface area contributed by atoms with Crippen LogP contribution in [0.25, 0.3) is 6.08 Å². The highest BCUT2D eigenvalue weighted by atomic mass is 16.5. The molecule has 1 amide bonds. The molecule has 126 valence electrons. The quantitative estimate of drug-likeness (QED) is 0.795. The van der Waals surface area contributed by atoms with Gasteiger partial charge in [0.15, 0.2) is 0 Å².